The number of methoxy groups -OCH3 is 2. The highest BCUT2D eigenvalue weighted by Crippen LogP contribution is 2.38. The summed E-state index contributed by atoms with van der Waals surface area (Å²) in [7, 11) is 3.12. The molecule has 0 amide bonds. The van der Waals surface area contributed by atoms with Crippen molar-refractivity contribution in [3.63, 3.8) is 0 Å². The summed E-state index contributed by atoms with van der Waals surface area (Å²) in [4.78, 5) is 28.4. The number of ether oxygens (including phenoxy) is 6. The number of oxime groups is 1. The largest absolute Gasteiger partial charge is 0.497 e. The first-order valence-corrected chi connectivity index (χ1v) is 12.8. The van der Waals surface area contributed by atoms with Crippen molar-refractivity contribution in [2.24, 2.45) is 5.16 Å². The standard InChI is InChI=1S/C29H33NO10/c1-17(31)36-16-26-25(38-18(2)32)11-8-20(39-26)12-13-37-30-27-23-15-22(35-4)9-10-24(23)40-29(28(27)33)19-6-5-7-21(14-19)34-3/h5-11,14-15,20,25-26,28-29,33H,12-13,16H2,1-4H3/b30-27-/t20-,25-,26+,28-,29+/m0/s1. The van der Waals surface area contributed by atoms with E-state index in [1.165, 1.54) is 13.8 Å². The molecule has 5 atom stereocenters. The van der Waals surface area contributed by atoms with Gasteiger partial charge in [0, 0.05) is 25.8 Å². The van der Waals surface area contributed by atoms with Crippen LogP contribution < -0.4 is 14.2 Å². The predicted octanol–water partition coefficient (Wildman–Crippen LogP) is 3.13. The van der Waals surface area contributed by atoms with Crippen molar-refractivity contribution < 1.29 is 48.0 Å². The number of esters is 2. The summed E-state index contributed by atoms with van der Waals surface area (Å²) >= 11 is 0. The van der Waals surface area contributed by atoms with E-state index in [1.54, 1.807) is 50.6 Å². The lowest BCUT2D eigenvalue weighted by Gasteiger charge is -2.32. The van der Waals surface area contributed by atoms with Crippen LogP contribution in [0.5, 0.6) is 17.2 Å². The Kier molecular flexibility index (Phi) is 9.62. The molecule has 0 aromatic heterocycles. The minimum absolute atomic E-state index is 0.0618. The fourth-order valence-electron chi connectivity index (χ4n) is 4.41. The van der Waals surface area contributed by atoms with E-state index in [9.17, 15) is 14.7 Å². The Morgan fingerprint density at radius 1 is 1.00 bits per heavy atom. The van der Waals surface area contributed by atoms with Crippen molar-refractivity contribution >= 4 is 17.7 Å². The molecule has 2 aromatic carbocycles. The molecule has 0 spiro atoms. The summed E-state index contributed by atoms with van der Waals surface area (Å²) in [6.45, 7) is 2.68. The zero-order valence-electron chi connectivity index (χ0n) is 22.8. The number of aliphatic hydroxyl groups excluding tert-OH is 1. The van der Waals surface area contributed by atoms with E-state index < -0.39 is 42.5 Å². The van der Waals surface area contributed by atoms with E-state index in [0.717, 1.165) is 0 Å². The Hall–Kier alpha value is -4.09. The number of hydrogen-bond acceptors (Lipinski definition) is 11. The van der Waals surface area contributed by atoms with Crippen molar-refractivity contribution in [3.05, 3.63) is 65.7 Å². The van der Waals surface area contributed by atoms with Gasteiger partial charge in [-0.2, -0.15) is 0 Å². The lowest BCUT2D eigenvalue weighted by atomic mass is 9.92. The van der Waals surface area contributed by atoms with E-state index in [2.05, 4.69) is 5.16 Å². The van der Waals surface area contributed by atoms with Crippen molar-refractivity contribution in [2.45, 2.75) is 50.8 Å². The van der Waals surface area contributed by atoms with E-state index in [1.807, 2.05) is 18.2 Å². The molecule has 0 fully saturated rings. The summed E-state index contributed by atoms with van der Waals surface area (Å²) in [5.41, 5.74) is 1.55. The van der Waals surface area contributed by atoms with Gasteiger partial charge in [-0.05, 0) is 42.0 Å². The van der Waals surface area contributed by atoms with E-state index in [-0.39, 0.29) is 18.9 Å². The Balaban J connectivity index is 1.48. The molecule has 2 aliphatic rings. The van der Waals surface area contributed by atoms with Gasteiger partial charge < -0.3 is 38.4 Å². The topological polar surface area (TPSA) is 131 Å². The molecule has 214 valence electrons. The van der Waals surface area contributed by atoms with Gasteiger partial charge in [0.05, 0.1) is 20.3 Å². The Bertz CT molecular complexity index is 1260. The molecule has 2 aliphatic heterocycles. The molecule has 0 saturated carbocycles. The average molecular weight is 556 g/mol. The normalized spacial score (nSPS) is 24.4. The van der Waals surface area contributed by atoms with Crippen LogP contribution in [0, 0.1) is 0 Å². The molecular weight excluding hydrogens is 522 g/mol. The average Bonchev–Trinajstić information content (AvgIpc) is 2.95. The van der Waals surface area contributed by atoms with Crippen LogP contribution >= 0.6 is 0 Å². The van der Waals surface area contributed by atoms with Gasteiger partial charge in [0.1, 0.15) is 54.5 Å². The van der Waals surface area contributed by atoms with Crippen LogP contribution in [0.25, 0.3) is 0 Å². The monoisotopic (exact) mass is 555 g/mol. The van der Waals surface area contributed by atoms with Gasteiger partial charge >= 0.3 is 11.9 Å². The van der Waals surface area contributed by atoms with Gasteiger partial charge in [-0.3, -0.25) is 9.59 Å². The van der Waals surface area contributed by atoms with Gasteiger partial charge in [-0.25, -0.2) is 0 Å². The van der Waals surface area contributed by atoms with Gasteiger partial charge in [-0.1, -0.05) is 23.4 Å². The minimum Gasteiger partial charge on any atom is -0.497 e. The third-order valence-corrected chi connectivity index (χ3v) is 6.35. The summed E-state index contributed by atoms with van der Waals surface area (Å²) < 4.78 is 33.1. The third kappa shape index (κ3) is 7.10. The molecule has 0 unspecified atom stereocenters. The molecule has 2 aromatic rings. The summed E-state index contributed by atoms with van der Waals surface area (Å²) in [5.74, 6) is 0.790. The fourth-order valence-corrected chi connectivity index (χ4v) is 4.41. The van der Waals surface area contributed by atoms with Gasteiger partial charge in [-0.15, -0.1) is 0 Å². The van der Waals surface area contributed by atoms with Crippen LogP contribution in [0.4, 0.5) is 0 Å². The highest BCUT2D eigenvalue weighted by Gasteiger charge is 2.37. The third-order valence-electron chi connectivity index (χ3n) is 6.35. The maximum Gasteiger partial charge on any atom is 0.303 e. The van der Waals surface area contributed by atoms with Crippen molar-refractivity contribution in [1.29, 1.82) is 0 Å². The summed E-state index contributed by atoms with van der Waals surface area (Å²) in [6.07, 6.45) is 0.243. The molecule has 0 radical (unpaired) electrons. The zero-order valence-corrected chi connectivity index (χ0v) is 22.8. The maximum atomic E-state index is 11.4. The number of carbonyl (C=O) groups excluding carboxylic acids is 2. The highest BCUT2D eigenvalue weighted by molar-refractivity contribution is 6.07. The van der Waals surface area contributed by atoms with Crippen molar-refractivity contribution in [3.8, 4) is 17.2 Å². The number of aliphatic hydroxyl groups is 1. The number of nitrogens with zero attached hydrogens (tertiary/aromatic N) is 1. The number of hydrogen-bond donors (Lipinski definition) is 1. The molecule has 0 saturated heterocycles. The van der Waals surface area contributed by atoms with Crippen LogP contribution in [0.1, 0.15) is 37.5 Å². The second-order valence-electron chi connectivity index (χ2n) is 9.19. The molecule has 2 heterocycles. The van der Waals surface area contributed by atoms with E-state index in [4.69, 9.17) is 33.3 Å². The number of rotatable bonds is 10. The molecule has 11 heteroatoms. The second-order valence-corrected chi connectivity index (χ2v) is 9.19. The Labute approximate surface area is 232 Å². The zero-order chi connectivity index (χ0) is 28.6. The fraction of sp³-hybridized carbons (Fsp3) is 0.414. The first kappa shape index (κ1) is 28.9. The van der Waals surface area contributed by atoms with Crippen LogP contribution in [-0.4, -0.2) is 74.6 Å². The van der Waals surface area contributed by atoms with E-state index >= 15 is 0 Å². The SMILES string of the molecule is COc1cccc([C@H]2Oc3ccc(OC)cc3/C(=N/OCC[C@@H]3C=C[C@H](OC(C)=O)[C@@H](COC(C)=O)O3)[C@@H]2O)c1. The molecular formula is C29H33NO10. The lowest BCUT2D eigenvalue weighted by molar-refractivity contribution is -0.164. The smallest absolute Gasteiger partial charge is 0.303 e. The maximum absolute atomic E-state index is 11.4. The van der Waals surface area contributed by atoms with Crippen LogP contribution in [-0.2, 0) is 28.6 Å². The van der Waals surface area contributed by atoms with E-state index in [0.29, 0.717) is 34.8 Å². The quantitative estimate of drug-likeness (QED) is 0.202. The van der Waals surface area contributed by atoms with Crippen LogP contribution in [0.3, 0.4) is 0 Å². The number of fused-ring (bicyclic) bond motifs is 1. The first-order valence-electron chi connectivity index (χ1n) is 12.8. The van der Waals surface area contributed by atoms with Crippen LogP contribution in [0.15, 0.2) is 59.8 Å². The Morgan fingerprint density at radius 3 is 2.50 bits per heavy atom. The number of carbonyl (C=O) groups is 2. The molecule has 0 bridgehead atoms. The minimum atomic E-state index is -1.14. The Morgan fingerprint density at radius 2 is 1.77 bits per heavy atom. The molecule has 1 N–H and O–H groups in total. The molecule has 40 heavy (non-hydrogen) atoms. The van der Waals surface area contributed by atoms with Gasteiger partial charge in [0.25, 0.3) is 0 Å². The van der Waals surface area contributed by atoms with Gasteiger partial charge in [0.2, 0.25) is 0 Å². The second kappa shape index (κ2) is 13.3. The summed E-state index contributed by atoms with van der Waals surface area (Å²) in [6, 6.07) is 12.5. The van der Waals surface area contributed by atoms with Crippen LogP contribution in [0.2, 0.25) is 0 Å². The first-order chi connectivity index (χ1) is 19.3. The highest BCUT2D eigenvalue weighted by atomic mass is 16.6. The molecule has 0 aliphatic carbocycles. The molecule has 11 nitrogen and oxygen atoms in total. The lowest BCUT2D eigenvalue weighted by Crippen LogP contribution is -2.41. The number of benzene rings is 2. The molecule has 4 rings (SSSR count). The predicted molar refractivity (Wildman–Crippen MR) is 142 cm³/mol. The van der Waals surface area contributed by atoms with Crippen molar-refractivity contribution in [1.82, 2.24) is 0 Å². The van der Waals surface area contributed by atoms with Gasteiger partial charge in [0.15, 0.2) is 6.10 Å². The van der Waals surface area contributed by atoms with Crippen molar-refractivity contribution in [2.75, 3.05) is 27.4 Å². The summed E-state index contributed by atoms with van der Waals surface area (Å²) in [5, 5.41) is 15.6.